The molecule has 128 valence electrons. The van der Waals surface area contributed by atoms with Gasteiger partial charge in [0.1, 0.15) is 0 Å². The number of para-hydroxylation sites is 1. The van der Waals surface area contributed by atoms with Crippen molar-refractivity contribution in [1.82, 2.24) is 0 Å². The van der Waals surface area contributed by atoms with Gasteiger partial charge in [-0.15, -0.1) is 0 Å². The second-order valence-corrected chi connectivity index (χ2v) is 7.29. The third kappa shape index (κ3) is 4.70. The topological polar surface area (TPSA) is 29.1 Å². The van der Waals surface area contributed by atoms with Crippen LogP contribution in [-0.2, 0) is 11.2 Å². The molecule has 1 N–H and O–H groups in total. The normalized spacial score (nSPS) is 12.5. The molecule has 0 radical (unpaired) electrons. The second kappa shape index (κ2) is 8.14. The van der Waals surface area contributed by atoms with Crippen molar-refractivity contribution in [3.63, 3.8) is 0 Å². The lowest BCUT2D eigenvalue weighted by atomic mass is 9.95. The van der Waals surface area contributed by atoms with E-state index in [2.05, 4.69) is 63.3 Å². The average molecular weight is 323 g/mol. The number of nitrogens with one attached hydrogen (secondary N) is 1. The molecule has 0 aliphatic rings. The zero-order chi connectivity index (χ0) is 17.7. The van der Waals surface area contributed by atoms with Crippen LogP contribution >= 0.6 is 0 Å². The Hall–Kier alpha value is -2.09. The smallest absolute Gasteiger partial charge is 0.231 e. The first-order chi connectivity index (χ1) is 11.4. The average Bonchev–Trinajstić information content (AvgIpc) is 2.54. The Morgan fingerprint density at radius 3 is 2.12 bits per heavy atom. The van der Waals surface area contributed by atoms with Gasteiger partial charge >= 0.3 is 0 Å². The molecular formula is C22H29NO. The molecule has 2 aromatic carbocycles. The lowest BCUT2D eigenvalue weighted by molar-refractivity contribution is -0.117. The Bertz CT molecular complexity index is 671. The SMILES string of the molecule is CC(C)Cc1ccc(C(C)C(=O)Nc2ccccc2C(C)C)cc1. The number of amides is 1. The first-order valence-electron chi connectivity index (χ1n) is 8.87. The Labute approximate surface area is 146 Å². The fourth-order valence-electron chi connectivity index (χ4n) is 2.92. The van der Waals surface area contributed by atoms with Crippen LogP contribution in [0.3, 0.4) is 0 Å². The summed E-state index contributed by atoms with van der Waals surface area (Å²) >= 11 is 0. The number of hydrogen-bond donors (Lipinski definition) is 1. The van der Waals surface area contributed by atoms with E-state index in [0.29, 0.717) is 11.8 Å². The van der Waals surface area contributed by atoms with Crippen molar-refractivity contribution in [2.45, 2.75) is 52.9 Å². The second-order valence-electron chi connectivity index (χ2n) is 7.29. The zero-order valence-electron chi connectivity index (χ0n) is 15.5. The third-order valence-corrected chi connectivity index (χ3v) is 4.36. The summed E-state index contributed by atoms with van der Waals surface area (Å²) in [5.74, 6) is 0.897. The molecule has 2 rings (SSSR count). The van der Waals surface area contributed by atoms with Crippen LogP contribution in [0.5, 0.6) is 0 Å². The standard InChI is InChI=1S/C22H29NO/c1-15(2)14-18-10-12-19(13-11-18)17(5)22(24)23-21-9-7-6-8-20(21)16(3)4/h6-13,15-17H,14H2,1-5H3,(H,23,24). The molecule has 0 saturated heterocycles. The number of benzene rings is 2. The minimum absolute atomic E-state index is 0.0414. The van der Waals surface area contributed by atoms with Gasteiger partial charge in [0.15, 0.2) is 0 Å². The summed E-state index contributed by atoms with van der Waals surface area (Å²) in [6.45, 7) is 10.7. The number of carbonyl (C=O) groups excluding carboxylic acids is 1. The fraction of sp³-hybridized carbons (Fsp3) is 0.409. The predicted octanol–water partition coefficient (Wildman–Crippen LogP) is 5.75. The fourth-order valence-corrected chi connectivity index (χ4v) is 2.92. The van der Waals surface area contributed by atoms with Gasteiger partial charge in [-0.3, -0.25) is 4.79 Å². The van der Waals surface area contributed by atoms with Crippen LogP contribution in [0, 0.1) is 5.92 Å². The molecule has 2 heteroatoms. The molecule has 0 fully saturated rings. The quantitative estimate of drug-likeness (QED) is 0.720. The van der Waals surface area contributed by atoms with Crippen LogP contribution in [0.4, 0.5) is 5.69 Å². The molecule has 0 aliphatic carbocycles. The molecule has 0 saturated carbocycles. The summed E-state index contributed by atoms with van der Waals surface area (Å²) < 4.78 is 0. The van der Waals surface area contributed by atoms with Crippen molar-refractivity contribution in [2.75, 3.05) is 5.32 Å². The van der Waals surface area contributed by atoms with Gasteiger partial charge in [-0.1, -0.05) is 70.2 Å². The number of hydrogen-bond acceptors (Lipinski definition) is 1. The molecular weight excluding hydrogens is 294 g/mol. The lowest BCUT2D eigenvalue weighted by Crippen LogP contribution is -2.20. The summed E-state index contributed by atoms with van der Waals surface area (Å²) in [5, 5.41) is 3.10. The summed E-state index contributed by atoms with van der Waals surface area (Å²) in [6.07, 6.45) is 1.07. The molecule has 1 atom stereocenters. The van der Waals surface area contributed by atoms with Gasteiger partial charge < -0.3 is 5.32 Å². The highest BCUT2D eigenvalue weighted by Crippen LogP contribution is 2.26. The molecule has 24 heavy (non-hydrogen) atoms. The highest BCUT2D eigenvalue weighted by molar-refractivity contribution is 5.96. The van der Waals surface area contributed by atoms with E-state index in [0.717, 1.165) is 17.7 Å². The molecule has 1 amide bonds. The highest BCUT2D eigenvalue weighted by Gasteiger charge is 2.17. The van der Waals surface area contributed by atoms with E-state index < -0.39 is 0 Å². The van der Waals surface area contributed by atoms with Crippen molar-refractivity contribution in [3.8, 4) is 0 Å². The third-order valence-electron chi connectivity index (χ3n) is 4.36. The van der Waals surface area contributed by atoms with E-state index in [4.69, 9.17) is 0 Å². The van der Waals surface area contributed by atoms with Gasteiger partial charge in [-0.25, -0.2) is 0 Å². The Balaban J connectivity index is 2.10. The predicted molar refractivity (Wildman–Crippen MR) is 103 cm³/mol. The summed E-state index contributed by atoms with van der Waals surface area (Å²) in [5.41, 5.74) is 4.47. The Morgan fingerprint density at radius 1 is 0.917 bits per heavy atom. The van der Waals surface area contributed by atoms with Crippen LogP contribution < -0.4 is 5.32 Å². The monoisotopic (exact) mass is 323 g/mol. The molecule has 2 aromatic rings. The van der Waals surface area contributed by atoms with Gasteiger partial charge in [-0.2, -0.15) is 0 Å². The van der Waals surface area contributed by atoms with Crippen LogP contribution in [0.25, 0.3) is 0 Å². The highest BCUT2D eigenvalue weighted by atomic mass is 16.1. The minimum Gasteiger partial charge on any atom is -0.325 e. The number of anilines is 1. The maximum absolute atomic E-state index is 12.6. The Kier molecular flexibility index (Phi) is 6.19. The van der Waals surface area contributed by atoms with Crippen molar-refractivity contribution in [2.24, 2.45) is 5.92 Å². The van der Waals surface area contributed by atoms with Gasteiger partial charge in [0, 0.05) is 5.69 Å². The maximum Gasteiger partial charge on any atom is 0.231 e. The number of rotatable bonds is 6. The van der Waals surface area contributed by atoms with Gasteiger partial charge in [0.05, 0.1) is 5.92 Å². The zero-order valence-corrected chi connectivity index (χ0v) is 15.5. The van der Waals surface area contributed by atoms with Gasteiger partial charge in [0.25, 0.3) is 0 Å². The first kappa shape index (κ1) is 18.3. The lowest BCUT2D eigenvalue weighted by Gasteiger charge is -2.17. The summed E-state index contributed by atoms with van der Waals surface area (Å²) in [7, 11) is 0. The van der Waals surface area contributed by atoms with E-state index in [1.165, 1.54) is 11.1 Å². The van der Waals surface area contributed by atoms with Crippen LogP contribution in [-0.4, -0.2) is 5.91 Å². The van der Waals surface area contributed by atoms with E-state index >= 15 is 0 Å². The maximum atomic E-state index is 12.6. The van der Waals surface area contributed by atoms with Gasteiger partial charge in [0.2, 0.25) is 5.91 Å². The van der Waals surface area contributed by atoms with Crippen molar-refractivity contribution < 1.29 is 4.79 Å². The first-order valence-corrected chi connectivity index (χ1v) is 8.87. The summed E-state index contributed by atoms with van der Waals surface area (Å²) in [6, 6.07) is 16.5. The van der Waals surface area contributed by atoms with Gasteiger partial charge in [-0.05, 0) is 47.9 Å². The molecule has 0 aliphatic heterocycles. The van der Waals surface area contributed by atoms with E-state index in [1.807, 2.05) is 25.1 Å². The number of carbonyl (C=O) groups is 1. The van der Waals surface area contributed by atoms with Crippen LogP contribution in [0.15, 0.2) is 48.5 Å². The van der Waals surface area contributed by atoms with Crippen molar-refractivity contribution in [3.05, 3.63) is 65.2 Å². The molecule has 0 aromatic heterocycles. The molecule has 0 spiro atoms. The molecule has 1 unspecified atom stereocenters. The molecule has 0 heterocycles. The van der Waals surface area contributed by atoms with E-state index in [1.54, 1.807) is 0 Å². The van der Waals surface area contributed by atoms with E-state index in [9.17, 15) is 4.79 Å². The molecule has 0 bridgehead atoms. The molecule has 2 nitrogen and oxygen atoms in total. The van der Waals surface area contributed by atoms with E-state index in [-0.39, 0.29) is 11.8 Å². The Morgan fingerprint density at radius 2 is 1.54 bits per heavy atom. The minimum atomic E-state index is -0.168. The summed E-state index contributed by atoms with van der Waals surface area (Å²) in [4.78, 5) is 12.6. The van der Waals surface area contributed by atoms with Crippen molar-refractivity contribution >= 4 is 11.6 Å². The van der Waals surface area contributed by atoms with Crippen molar-refractivity contribution in [1.29, 1.82) is 0 Å². The van der Waals surface area contributed by atoms with Crippen LogP contribution in [0.1, 0.15) is 63.1 Å². The van der Waals surface area contributed by atoms with Crippen LogP contribution in [0.2, 0.25) is 0 Å². The largest absolute Gasteiger partial charge is 0.325 e.